The molecule has 0 spiro atoms. The van der Waals surface area contributed by atoms with E-state index >= 15 is 0 Å². The summed E-state index contributed by atoms with van der Waals surface area (Å²) in [4.78, 5) is 11.5. The molecular formula is C16H20F3NO2. The Kier molecular flexibility index (Phi) is 5.63. The van der Waals surface area contributed by atoms with Crippen molar-refractivity contribution in [2.45, 2.75) is 45.5 Å². The first-order chi connectivity index (χ1) is 9.97. The van der Waals surface area contributed by atoms with Crippen molar-refractivity contribution >= 4 is 12.2 Å². The summed E-state index contributed by atoms with van der Waals surface area (Å²) < 4.78 is 42.4. The average molecular weight is 315 g/mol. The van der Waals surface area contributed by atoms with Gasteiger partial charge in [0.15, 0.2) is 0 Å². The predicted molar refractivity (Wildman–Crippen MR) is 79.3 cm³/mol. The Morgan fingerprint density at radius 2 is 1.73 bits per heavy atom. The van der Waals surface area contributed by atoms with E-state index in [1.54, 1.807) is 39.8 Å². The maximum atomic E-state index is 12.4. The van der Waals surface area contributed by atoms with Crippen LogP contribution in [-0.4, -0.2) is 17.7 Å². The lowest BCUT2D eigenvalue weighted by Crippen LogP contribution is -2.36. The van der Waals surface area contributed by atoms with E-state index < -0.39 is 23.4 Å². The van der Waals surface area contributed by atoms with Crippen molar-refractivity contribution in [2.75, 3.05) is 0 Å². The third kappa shape index (κ3) is 6.65. The van der Waals surface area contributed by atoms with E-state index in [0.717, 1.165) is 12.1 Å². The van der Waals surface area contributed by atoms with Gasteiger partial charge in [-0.2, -0.15) is 13.2 Å². The molecule has 0 aliphatic heterocycles. The number of alkyl halides is 3. The molecule has 3 nitrogen and oxygen atoms in total. The van der Waals surface area contributed by atoms with Crippen molar-refractivity contribution in [1.29, 1.82) is 0 Å². The Labute approximate surface area is 128 Å². The minimum absolute atomic E-state index is 0.308. The fourth-order valence-corrected chi connectivity index (χ4v) is 1.58. The summed E-state index contributed by atoms with van der Waals surface area (Å²) >= 11 is 0. The third-order valence-corrected chi connectivity index (χ3v) is 2.56. The SMILES string of the molecule is CC(C=Cc1ccc(C(F)(F)F)cc1)NC(=O)OC(C)(C)C. The molecule has 22 heavy (non-hydrogen) atoms. The first-order valence-electron chi connectivity index (χ1n) is 6.82. The highest BCUT2D eigenvalue weighted by molar-refractivity contribution is 5.68. The number of alkyl carbamates (subject to hydrolysis) is 1. The molecule has 0 heterocycles. The van der Waals surface area contributed by atoms with Crippen LogP contribution in [-0.2, 0) is 10.9 Å². The number of carbonyl (C=O) groups excluding carboxylic acids is 1. The lowest BCUT2D eigenvalue weighted by Gasteiger charge is -2.21. The van der Waals surface area contributed by atoms with E-state index in [2.05, 4.69) is 5.32 Å². The van der Waals surface area contributed by atoms with Gasteiger partial charge in [-0.1, -0.05) is 24.3 Å². The number of rotatable bonds is 3. The Morgan fingerprint density at radius 1 is 1.18 bits per heavy atom. The molecule has 1 unspecified atom stereocenters. The molecule has 122 valence electrons. The van der Waals surface area contributed by atoms with Crippen molar-refractivity contribution in [3.05, 3.63) is 41.5 Å². The quantitative estimate of drug-likeness (QED) is 0.883. The van der Waals surface area contributed by atoms with E-state index in [0.29, 0.717) is 5.56 Å². The highest BCUT2D eigenvalue weighted by Gasteiger charge is 2.29. The maximum Gasteiger partial charge on any atom is 0.416 e. The second-order valence-electron chi connectivity index (χ2n) is 5.91. The largest absolute Gasteiger partial charge is 0.444 e. The standard InChI is InChI=1S/C16H20F3NO2/c1-11(20-14(21)22-15(2,3)4)5-6-12-7-9-13(10-8-12)16(17,18)19/h5-11H,1-4H3,(H,20,21). The number of hydrogen-bond donors (Lipinski definition) is 1. The van der Waals surface area contributed by atoms with Crippen LogP contribution in [0.5, 0.6) is 0 Å². The van der Waals surface area contributed by atoms with Crippen LogP contribution < -0.4 is 5.32 Å². The van der Waals surface area contributed by atoms with Crippen molar-refractivity contribution in [1.82, 2.24) is 5.32 Å². The molecule has 0 fully saturated rings. The molecule has 0 aliphatic carbocycles. The number of halogens is 3. The van der Waals surface area contributed by atoms with Gasteiger partial charge >= 0.3 is 12.3 Å². The van der Waals surface area contributed by atoms with E-state index in [1.165, 1.54) is 12.1 Å². The molecule has 0 aliphatic rings. The van der Waals surface area contributed by atoms with E-state index in [9.17, 15) is 18.0 Å². The molecule has 0 aromatic heterocycles. The number of carbonyl (C=O) groups is 1. The van der Waals surface area contributed by atoms with Crippen LogP contribution in [0.3, 0.4) is 0 Å². The summed E-state index contributed by atoms with van der Waals surface area (Å²) in [5.41, 5.74) is -0.656. The Hall–Kier alpha value is -1.98. The molecule has 1 atom stereocenters. The Bertz CT molecular complexity index is 528. The summed E-state index contributed by atoms with van der Waals surface area (Å²) in [5, 5.41) is 2.61. The molecule has 1 rings (SSSR count). The van der Waals surface area contributed by atoms with Crippen molar-refractivity contribution < 1.29 is 22.7 Å². The van der Waals surface area contributed by atoms with Crippen LogP contribution in [0.1, 0.15) is 38.8 Å². The molecule has 1 aromatic rings. The van der Waals surface area contributed by atoms with E-state index in [4.69, 9.17) is 4.74 Å². The Morgan fingerprint density at radius 3 is 2.18 bits per heavy atom. The second-order valence-corrected chi connectivity index (χ2v) is 5.91. The summed E-state index contributed by atoms with van der Waals surface area (Å²) in [6.45, 7) is 7.02. The number of benzene rings is 1. The van der Waals surface area contributed by atoms with Gasteiger partial charge in [-0.25, -0.2) is 4.79 Å². The second kappa shape index (κ2) is 6.85. The monoisotopic (exact) mass is 315 g/mol. The van der Waals surface area contributed by atoms with Gasteiger partial charge in [-0.05, 0) is 45.4 Å². The first kappa shape index (κ1) is 18.1. The van der Waals surface area contributed by atoms with Crippen LogP contribution in [0.2, 0.25) is 0 Å². The summed E-state index contributed by atoms with van der Waals surface area (Å²) in [6, 6.07) is 4.48. The normalized spacial score (nSPS) is 14.0. The fraction of sp³-hybridized carbons (Fsp3) is 0.438. The van der Waals surface area contributed by atoms with Crippen molar-refractivity contribution in [2.24, 2.45) is 0 Å². The van der Waals surface area contributed by atoms with E-state index in [1.807, 2.05) is 0 Å². The number of hydrogen-bond acceptors (Lipinski definition) is 2. The van der Waals surface area contributed by atoms with Crippen molar-refractivity contribution in [3.63, 3.8) is 0 Å². The van der Waals surface area contributed by atoms with Gasteiger partial charge in [0.05, 0.1) is 5.56 Å². The zero-order chi connectivity index (χ0) is 17.0. The van der Waals surface area contributed by atoms with Gasteiger partial charge in [0.1, 0.15) is 5.60 Å². The molecular weight excluding hydrogens is 295 g/mol. The minimum atomic E-state index is -4.34. The zero-order valence-electron chi connectivity index (χ0n) is 13.0. The van der Waals surface area contributed by atoms with Gasteiger partial charge in [0.2, 0.25) is 0 Å². The molecule has 1 aromatic carbocycles. The fourth-order valence-electron chi connectivity index (χ4n) is 1.58. The van der Waals surface area contributed by atoms with Crippen LogP contribution in [0.25, 0.3) is 6.08 Å². The van der Waals surface area contributed by atoms with E-state index in [-0.39, 0.29) is 6.04 Å². The van der Waals surface area contributed by atoms with Crippen LogP contribution in [0.15, 0.2) is 30.3 Å². The van der Waals surface area contributed by atoms with Crippen molar-refractivity contribution in [3.8, 4) is 0 Å². The molecule has 0 saturated heterocycles. The Balaban J connectivity index is 2.59. The first-order valence-corrected chi connectivity index (χ1v) is 6.82. The lowest BCUT2D eigenvalue weighted by atomic mass is 10.1. The lowest BCUT2D eigenvalue weighted by molar-refractivity contribution is -0.137. The molecule has 0 bridgehead atoms. The summed E-state index contributed by atoms with van der Waals surface area (Å²) in [5.74, 6) is 0. The van der Waals surface area contributed by atoms with Crippen LogP contribution in [0.4, 0.5) is 18.0 Å². The number of amides is 1. The van der Waals surface area contributed by atoms with Gasteiger partial charge in [-0.15, -0.1) is 0 Å². The third-order valence-electron chi connectivity index (χ3n) is 2.56. The van der Waals surface area contributed by atoms with Gasteiger partial charge in [0.25, 0.3) is 0 Å². The van der Waals surface area contributed by atoms with Crippen LogP contribution >= 0.6 is 0 Å². The molecule has 6 heteroatoms. The number of ether oxygens (including phenoxy) is 1. The molecule has 0 saturated carbocycles. The molecule has 1 N–H and O–H groups in total. The van der Waals surface area contributed by atoms with Crippen LogP contribution in [0, 0.1) is 0 Å². The number of nitrogens with one attached hydrogen (secondary N) is 1. The predicted octanol–water partition coefficient (Wildman–Crippen LogP) is 4.63. The molecule has 1 amide bonds. The summed E-state index contributed by atoms with van der Waals surface area (Å²) in [6.07, 6.45) is -1.57. The van der Waals surface area contributed by atoms with Gasteiger partial charge in [-0.3, -0.25) is 0 Å². The highest BCUT2D eigenvalue weighted by atomic mass is 19.4. The maximum absolute atomic E-state index is 12.4. The smallest absolute Gasteiger partial charge is 0.416 e. The average Bonchev–Trinajstić information content (AvgIpc) is 2.33. The zero-order valence-corrected chi connectivity index (χ0v) is 13.0. The molecule has 0 radical (unpaired) electrons. The highest BCUT2D eigenvalue weighted by Crippen LogP contribution is 2.29. The minimum Gasteiger partial charge on any atom is -0.444 e. The van der Waals surface area contributed by atoms with Gasteiger partial charge in [0, 0.05) is 6.04 Å². The van der Waals surface area contributed by atoms with Gasteiger partial charge < -0.3 is 10.1 Å². The summed E-state index contributed by atoms with van der Waals surface area (Å²) in [7, 11) is 0. The topological polar surface area (TPSA) is 38.3 Å².